The van der Waals surface area contributed by atoms with Crippen molar-refractivity contribution >= 4 is 5.91 Å². The van der Waals surface area contributed by atoms with Crippen LogP contribution in [0.5, 0.6) is 0 Å². The molecule has 0 aliphatic carbocycles. The zero-order valence-electron chi connectivity index (χ0n) is 13.9. The molecule has 1 saturated heterocycles. The van der Waals surface area contributed by atoms with Crippen LogP contribution in [0.4, 0.5) is 0 Å². The van der Waals surface area contributed by atoms with Crippen LogP contribution in [-0.4, -0.2) is 78.5 Å². The monoisotopic (exact) mass is 304 g/mol. The van der Waals surface area contributed by atoms with Crippen molar-refractivity contribution in [3.05, 3.63) is 30.1 Å². The number of carbonyl (C=O) groups is 1. The van der Waals surface area contributed by atoms with Crippen LogP contribution in [0.25, 0.3) is 0 Å². The average molecular weight is 304 g/mol. The molecule has 1 aromatic rings. The lowest BCUT2D eigenvalue weighted by Crippen LogP contribution is -2.47. The molecule has 5 nitrogen and oxygen atoms in total. The van der Waals surface area contributed by atoms with Gasteiger partial charge in [-0.25, -0.2) is 0 Å². The summed E-state index contributed by atoms with van der Waals surface area (Å²) in [7, 11) is 1.90. The molecule has 2 rings (SSSR count). The summed E-state index contributed by atoms with van der Waals surface area (Å²) in [5.74, 6) is 0.243. The van der Waals surface area contributed by atoms with Crippen molar-refractivity contribution in [3.63, 3.8) is 0 Å². The second-order valence-electron chi connectivity index (χ2n) is 5.95. The molecule has 0 aromatic carbocycles. The van der Waals surface area contributed by atoms with Crippen LogP contribution in [0.3, 0.4) is 0 Å². The smallest absolute Gasteiger partial charge is 0.223 e. The molecule has 1 aliphatic rings. The van der Waals surface area contributed by atoms with Gasteiger partial charge in [0.2, 0.25) is 5.91 Å². The highest BCUT2D eigenvalue weighted by Crippen LogP contribution is 2.04. The zero-order valence-corrected chi connectivity index (χ0v) is 13.9. The second-order valence-corrected chi connectivity index (χ2v) is 5.95. The van der Waals surface area contributed by atoms with Gasteiger partial charge >= 0.3 is 0 Å². The highest BCUT2D eigenvalue weighted by Gasteiger charge is 2.17. The summed E-state index contributed by atoms with van der Waals surface area (Å²) in [6.07, 6.45) is 5.11. The van der Waals surface area contributed by atoms with Gasteiger partial charge in [0.1, 0.15) is 0 Å². The molecule has 122 valence electrons. The van der Waals surface area contributed by atoms with E-state index >= 15 is 0 Å². The number of hydrogen-bond acceptors (Lipinski definition) is 4. The van der Waals surface area contributed by atoms with Gasteiger partial charge in [0.15, 0.2) is 0 Å². The summed E-state index contributed by atoms with van der Waals surface area (Å²) in [4.78, 5) is 22.9. The van der Waals surface area contributed by atoms with Crippen molar-refractivity contribution in [2.75, 3.05) is 52.9 Å². The Morgan fingerprint density at radius 1 is 1.18 bits per heavy atom. The van der Waals surface area contributed by atoms with E-state index in [-0.39, 0.29) is 5.91 Å². The quantitative estimate of drug-likeness (QED) is 0.756. The average Bonchev–Trinajstić information content (AvgIpc) is 2.58. The Balaban J connectivity index is 1.64. The Morgan fingerprint density at radius 2 is 1.82 bits per heavy atom. The lowest BCUT2D eigenvalue weighted by Gasteiger charge is -2.34. The normalized spacial score (nSPS) is 16.6. The fourth-order valence-corrected chi connectivity index (χ4v) is 2.74. The van der Waals surface area contributed by atoms with E-state index in [1.165, 1.54) is 5.56 Å². The first-order valence-corrected chi connectivity index (χ1v) is 8.26. The lowest BCUT2D eigenvalue weighted by atomic mass is 10.2. The van der Waals surface area contributed by atoms with Crippen molar-refractivity contribution in [1.82, 2.24) is 19.7 Å². The van der Waals surface area contributed by atoms with Crippen LogP contribution < -0.4 is 0 Å². The zero-order chi connectivity index (χ0) is 15.8. The minimum atomic E-state index is 0.243. The minimum absolute atomic E-state index is 0.243. The van der Waals surface area contributed by atoms with Crippen molar-refractivity contribution < 1.29 is 4.79 Å². The topological polar surface area (TPSA) is 39.7 Å². The highest BCUT2D eigenvalue weighted by atomic mass is 16.2. The van der Waals surface area contributed by atoms with Gasteiger partial charge in [0.25, 0.3) is 0 Å². The van der Waals surface area contributed by atoms with E-state index < -0.39 is 0 Å². The Labute approximate surface area is 133 Å². The molecule has 0 radical (unpaired) electrons. The van der Waals surface area contributed by atoms with E-state index in [0.717, 1.165) is 52.2 Å². The van der Waals surface area contributed by atoms with Gasteiger partial charge in [-0.15, -0.1) is 0 Å². The summed E-state index contributed by atoms with van der Waals surface area (Å²) < 4.78 is 0. The second kappa shape index (κ2) is 8.86. The van der Waals surface area contributed by atoms with Gasteiger partial charge in [-0.05, 0) is 30.7 Å². The number of aromatic nitrogens is 1. The van der Waals surface area contributed by atoms with Crippen LogP contribution in [0, 0.1) is 0 Å². The summed E-state index contributed by atoms with van der Waals surface area (Å²) in [5.41, 5.74) is 1.23. The van der Waals surface area contributed by atoms with Crippen LogP contribution in [0.2, 0.25) is 0 Å². The van der Waals surface area contributed by atoms with E-state index in [1.54, 1.807) is 12.4 Å². The van der Waals surface area contributed by atoms with Gasteiger partial charge < -0.3 is 14.7 Å². The Morgan fingerprint density at radius 3 is 2.45 bits per heavy atom. The molecule has 2 heterocycles. The molecule has 1 amide bonds. The SMILES string of the molecule is CCN1CCN(CCC(=O)N(C)CCc2ccncc2)CC1. The summed E-state index contributed by atoms with van der Waals surface area (Å²) >= 11 is 0. The predicted octanol–water partition coefficient (Wildman–Crippen LogP) is 1.11. The van der Waals surface area contributed by atoms with Crippen molar-refractivity contribution in [2.24, 2.45) is 0 Å². The Hall–Kier alpha value is -1.46. The predicted molar refractivity (Wildman–Crippen MR) is 88.7 cm³/mol. The molecular formula is C17H28N4O. The van der Waals surface area contributed by atoms with Crippen LogP contribution in [0.1, 0.15) is 18.9 Å². The third-order valence-electron chi connectivity index (χ3n) is 4.47. The number of carbonyl (C=O) groups excluding carboxylic acids is 1. The number of pyridine rings is 1. The molecule has 0 spiro atoms. The number of nitrogens with zero attached hydrogens (tertiary/aromatic N) is 4. The van der Waals surface area contributed by atoms with E-state index in [9.17, 15) is 4.79 Å². The van der Waals surface area contributed by atoms with Crippen molar-refractivity contribution in [1.29, 1.82) is 0 Å². The standard InChI is InChI=1S/C17H28N4O/c1-3-20-12-14-21(15-13-20)11-7-17(22)19(2)10-6-16-4-8-18-9-5-16/h4-5,8-9H,3,6-7,10-15H2,1-2H3. The molecular weight excluding hydrogens is 276 g/mol. The molecule has 22 heavy (non-hydrogen) atoms. The highest BCUT2D eigenvalue weighted by molar-refractivity contribution is 5.76. The maximum absolute atomic E-state index is 12.2. The fourth-order valence-electron chi connectivity index (χ4n) is 2.74. The van der Waals surface area contributed by atoms with Gasteiger partial charge in [-0.2, -0.15) is 0 Å². The molecule has 0 saturated carbocycles. The number of hydrogen-bond donors (Lipinski definition) is 0. The third-order valence-corrected chi connectivity index (χ3v) is 4.47. The maximum atomic E-state index is 12.2. The molecule has 0 atom stereocenters. The fraction of sp³-hybridized carbons (Fsp3) is 0.647. The van der Waals surface area contributed by atoms with Crippen LogP contribution in [0.15, 0.2) is 24.5 Å². The van der Waals surface area contributed by atoms with Crippen molar-refractivity contribution in [3.8, 4) is 0 Å². The molecule has 1 fully saturated rings. The molecule has 5 heteroatoms. The minimum Gasteiger partial charge on any atom is -0.345 e. The number of likely N-dealkylation sites (N-methyl/N-ethyl adjacent to an activating group) is 2. The van der Waals surface area contributed by atoms with Crippen molar-refractivity contribution in [2.45, 2.75) is 19.8 Å². The molecule has 1 aromatic heterocycles. The largest absolute Gasteiger partial charge is 0.345 e. The number of rotatable bonds is 7. The third kappa shape index (κ3) is 5.39. The van der Waals surface area contributed by atoms with Gasteiger partial charge in [0, 0.05) is 65.1 Å². The molecule has 0 N–H and O–H groups in total. The van der Waals surface area contributed by atoms with E-state index in [1.807, 2.05) is 24.1 Å². The Kier molecular flexibility index (Phi) is 6.80. The van der Waals surface area contributed by atoms with Gasteiger partial charge in [-0.3, -0.25) is 9.78 Å². The summed E-state index contributed by atoms with van der Waals surface area (Å²) in [6.45, 7) is 9.42. The molecule has 1 aliphatic heterocycles. The summed E-state index contributed by atoms with van der Waals surface area (Å²) in [5, 5.41) is 0. The number of amides is 1. The van der Waals surface area contributed by atoms with Crippen LogP contribution in [-0.2, 0) is 11.2 Å². The molecule has 0 unspecified atom stereocenters. The number of piperazine rings is 1. The Bertz CT molecular complexity index is 443. The maximum Gasteiger partial charge on any atom is 0.223 e. The van der Waals surface area contributed by atoms with E-state index in [2.05, 4.69) is 21.7 Å². The first kappa shape index (κ1) is 16.9. The van der Waals surface area contributed by atoms with E-state index in [4.69, 9.17) is 0 Å². The first-order valence-electron chi connectivity index (χ1n) is 8.26. The van der Waals surface area contributed by atoms with E-state index in [0.29, 0.717) is 6.42 Å². The first-order chi connectivity index (χ1) is 10.7. The lowest BCUT2D eigenvalue weighted by molar-refractivity contribution is -0.130. The van der Waals surface area contributed by atoms with Crippen LogP contribution >= 0.6 is 0 Å². The van der Waals surface area contributed by atoms with Gasteiger partial charge in [-0.1, -0.05) is 6.92 Å². The van der Waals surface area contributed by atoms with Gasteiger partial charge in [0.05, 0.1) is 0 Å². The summed E-state index contributed by atoms with van der Waals surface area (Å²) in [6, 6.07) is 4.01. The molecule has 0 bridgehead atoms.